The monoisotopic (exact) mass is 489 g/mol. The van der Waals surface area contributed by atoms with Gasteiger partial charge in [-0.2, -0.15) is 0 Å². The zero-order chi connectivity index (χ0) is 25.4. The molecule has 1 aromatic carbocycles. The Morgan fingerprint density at radius 2 is 2.09 bits per heavy atom. The van der Waals surface area contributed by atoms with Crippen LogP contribution in [-0.2, 0) is 26.2 Å². The van der Waals surface area contributed by atoms with Gasteiger partial charge in [-0.3, -0.25) is 4.48 Å². The van der Waals surface area contributed by atoms with E-state index in [4.69, 9.17) is 18.9 Å². The Labute approximate surface area is 206 Å². The number of nitrogens with zero attached hydrogens (tertiary/aromatic N) is 1. The van der Waals surface area contributed by atoms with Crippen LogP contribution in [0.25, 0.3) is 0 Å². The molecule has 35 heavy (non-hydrogen) atoms. The Morgan fingerprint density at radius 1 is 1.31 bits per heavy atom. The Bertz CT molecular complexity index is 1020. The normalized spacial score (nSPS) is 29.1. The van der Waals surface area contributed by atoms with Crippen molar-refractivity contribution in [2.45, 2.75) is 69.8 Å². The lowest BCUT2D eigenvalue weighted by Crippen LogP contribution is -2.50. The summed E-state index contributed by atoms with van der Waals surface area (Å²) >= 11 is 0. The van der Waals surface area contributed by atoms with Gasteiger partial charge in [0.05, 0.1) is 32.2 Å². The van der Waals surface area contributed by atoms with Crippen molar-refractivity contribution in [3.63, 3.8) is 0 Å². The van der Waals surface area contributed by atoms with Gasteiger partial charge in [-0.25, -0.2) is 9.59 Å². The van der Waals surface area contributed by atoms with Crippen LogP contribution in [0.4, 0.5) is 4.79 Å². The molecule has 4 rings (SSSR count). The Morgan fingerprint density at radius 3 is 2.80 bits per heavy atom. The maximum atomic E-state index is 12.3. The zero-order valence-electron chi connectivity index (χ0n) is 21.3. The number of amides is 1. The van der Waals surface area contributed by atoms with E-state index in [0.717, 1.165) is 36.3 Å². The fourth-order valence-electron chi connectivity index (χ4n) is 5.42. The zero-order valence-corrected chi connectivity index (χ0v) is 21.3. The number of quaternary nitrogens is 1. The van der Waals surface area contributed by atoms with Crippen LogP contribution in [0.3, 0.4) is 0 Å². The molecule has 2 heterocycles. The number of hydrogen-bond donors (Lipinski definition) is 2. The van der Waals surface area contributed by atoms with Gasteiger partial charge in [0.2, 0.25) is 6.73 Å². The highest BCUT2D eigenvalue weighted by Gasteiger charge is 2.53. The van der Waals surface area contributed by atoms with Crippen LogP contribution in [0.2, 0.25) is 0 Å². The number of hydrogen-bond acceptors (Lipinski definition) is 7. The molecule has 9 nitrogen and oxygen atoms in total. The van der Waals surface area contributed by atoms with E-state index in [1.54, 1.807) is 27.9 Å². The van der Waals surface area contributed by atoms with Gasteiger partial charge < -0.3 is 29.4 Å². The first-order valence-electron chi connectivity index (χ1n) is 12.2. The quantitative estimate of drug-likeness (QED) is 0.372. The molecule has 0 saturated carbocycles. The van der Waals surface area contributed by atoms with Gasteiger partial charge >= 0.3 is 12.1 Å². The number of rotatable bonds is 5. The van der Waals surface area contributed by atoms with Crippen molar-refractivity contribution in [3.05, 3.63) is 35.4 Å². The fourth-order valence-corrected chi connectivity index (χ4v) is 5.42. The highest BCUT2D eigenvalue weighted by atomic mass is 16.6. The van der Waals surface area contributed by atoms with Gasteiger partial charge in [0, 0.05) is 17.5 Å². The summed E-state index contributed by atoms with van der Waals surface area (Å²) in [6, 6.07) is 3.99. The maximum Gasteiger partial charge on any atom is 0.408 e. The van der Waals surface area contributed by atoms with Gasteiger partial charge in [-0.1, -0.05) is 12.2 Å². The van der Waals surface area contributed by atoms with Gasteiger partial charge in [-0.15, -0.1) is 0 Å². The van der Waals surface area contributed by atoms with Crippen molar-refractivity contribution < 1.29 is 38.1 Å². The minimum absolute atomic E-state index is 0.138. The summed E-state index contributed by atoms with van der Waals surface area (Å²) in [5, 5.41) is 12.7. The predicted octanol–water partition coefficient (Wildman–Crippen LogP) is 2.78. The molecule has 192 valence electrons. The Balaban J connectivity index is 1.49. The summed E-state index contributed by atoms with van der Waals surface area (Å²) < 4.78 is 23.3. The summed E-state index contributed by atoms with van der Waals surface area (Å²) in [4.78, 5) is 24.2. The van der Waals surface area contributed by atoms with E-state index in [-0.39, 0.29) is 24.8 Å². The van der Waals surface area contributed by atoms with Crippen molar-refractivity contribution >= 4 is 12.1 Å². The van der Waals surface area contributed by atoms with E-state index in [0.29, 0.717) is 23.2 Å². The lowest BCUT2D eigenvalue weighted by Gasteiger charge is -2.41. The third-order valence-corrected chi connectivity index (χ3v) is 6.95. The molecule has 1 amide bonds. The van der Waals surface area contributed by atoms with Crippen molar-refractivity contribution in [3.8, 4) is 11.5 Å². The number of nitrogens with one attached hydrogen (secondary N) is 1. The number of ether oxygens (including phenoxy) is 4. The number of benzene rings is 1. The number of methoxy groups -OCH3 is 1. The van der Waals surface area contributed by atoms with Crippen LogP contribution in [-0.4, -0.2) is 73.4 Å². The molecule has 0 fully saturated rings. The summed E-state index contributed by atoms with van der Waals surface area (Å²) in [6.07, 6.45) is 4.99. The molecule has 1 spiro atoms. The molecule has 0 radical (unpaired) electrons. The lowest BCUT2D eigenvalue weighted by molar-refractivity contribution is -0.938. The number of aliphatic hydroxyl groups is 1. The van der Waals surface area contributed by atoms with Crippen LogP contribution in [0.5, 0.6) is 11.5 Å². The van der Waals surface area contributed by atoms with Crippen molar-refractivity contribution in [2.24, 2.45) is 0 Å². The van der Waals surface area contributed by atoms with Crippen LogP contribution < -0.4 is 14.8 Å². The standard InChI is InChI=1S/C26H36N2O7/c1-25(2,3)35-24(31)27-14-21(30)33-16-28(4)12-6-10-26-11-9-18(29)13-20(26)34-23-19(32-5)8-7-17(15-28)22(23)26/h7-9,11,18,20,29H,6,10,12-16H2,1-5H3/p+1. The second-order valence-corrected chi connectivity index (χ2v) is 11.0. The Kier molecular flexibility index (Phi) is 6.76. The van der Waals surface area contributed by atoms with Gasteiger partial charge in [0.1, 0.15) is 24.8 Å². The number of esters is 1. The molecule has 9 heteroatoms. The molecule has 0 saturated heterocycles. The van der Waals surface area contributed by atoms with Crippen molar-refractivity contribution in [1.29, 1.82) is 0 Å². The average molecular weight is 490 g/mol. The molecule has 4 unspecified atom stereocenters. The van der Waals surface area contributed by atoms with Gasteiger partial charge in [0.25, 0.3) is 0 Å². The first-order valence-corrected chi connectivity index (χ1v) is 12.2. The van der Waals surface area contributed by atoms with Crippen LogP contribution in [0, 0.1) is 0 Å². The van der Waals surface area contributed by atoms with Gasteiger partial charge in [0.15, 0.2) is 11.5 Å². The molecule has 2 N–H and O–H groups in total. The van der Waals surface area contributed by atoms with Crippen molar-refractivity contribution in [1.82, 2.24) is 5.32 Å². The van der Waals surface area contributed by atoms with Gasteiger partial charge in [-0.05, 0) is 45.7 Å². The second kappa shape index (κ2) is 9.35. The van der Waals surface area contributed by atoms with E-state index in [1.165, 1.54) is 0 Å². The highest BCUT2D eigenvalue weighted by molar-refractivity contribution is 5.77. The minimum atomic E-state index is -0.652. The van der Waals surface area contributed by atoms with Crippen molar-refractivity contribution in [2.75, 3.05) is 34.0 Å². The highest BCUT2D eigenvalue weighted by Crippen LogP contribution is 2.56. The molecule has 0 bridgehead atoms. The molecular formula is C26H37N2O7+. The molecule has 1 aromatic rings. The number of carbonyl (C=O) groups is 2. The second-order valence-electron chi connectivity index (χ2n) is 11.0. The maximum absolute atomic E-state index is 12.3. The van der Waals surface area contributed by atoms with Crippen LogP contribution in [0.15, 0.2) is 24.3 Å². The summed E-state index contributed by atoms with van der Waals surface area (Å²) in [5.41, 5.74) is 1.31. The largest absolute Gasteiger partial charge is 0.493 e. The average Bonchev–Trinajstić information content (AvgIpc) is 3.09. The topological polar surface area (TPSA) is 103 Å². The number of carbonyl (C=O) groups excluding carboxylic acids is 2. The van der Waals surface area contributed by atoms with E-state index in [9.17, 15) is 14.7 Å². The smallest absolute Gasteiger partial charge is 0.408 e. The van der Waals surface area contributed by atoms with Crippen LogP contribution in [0.1, 0.15) is 51.2 Å². The molecule has 1 aliphatic carbocycles. The summed E-state index contributed by atoms with van der Waals surface area (Å²) in [7, 11) is 3.70. The van der Waals surface area contributed by atoms with E-state index >= 15 is 0 Å². The molecular weight excluding hydrogens is 452 g/mol. The summed E-state index contributed by atoms with van der Waals surface area (Å²) in [6.45, 7) is 6.66. The summed E-state index contributed by atoms with van der Waals surface area (Å²) in [5.74, 6) is 0.928. The molecule has 2 aliphatic heterocycles. The molecule has 0 aromatic heterocycles. The van der Waals surface area contributed by atoms with E-state index in [1.807, 2.05) is 12.1 Å². The predicted molar refractivity (Wildman–Crippen MR) is 128 cm³/mol. The first-order chi connectivity index (χ1) is 16.4. The number of alkyl carbamates (subject to hydrolysis) is 1. The van der Waals surface area contributed by atoms with E-state index in [2.05, 4.69) is 24.5 Å². The number of aliphatic hydroxyl groups excluding tert-OH is 1. The van der Waals surface area contributed by atoms with E-state index < -0.39 is 23.8 Å². The molecule has 3 aliphatic rings. The fraction of sp³-hybridized carbons (Fsp3) is 0.615. The SMILES string of the molecule is COc1ccc2c3c1OC1CC(O)C=CC31CCC[N+](C)(COC(=O)CNC(=O)OC(C)(C)C)C2. The minimum Gasteiger partial charge on any atom is -0.493 e. The third kappa shape index (κ3) is 5.26. The lowest BCUT2D eigenvalue weighted by atomic mass is 9.67. The Hall–Kier alpha value is -2.78. The third-order valence-electron chi connectivity index (χ3n) is 6.95. The molecule has 4 atom stereocenters. The first kappa shape index (κ1) is 25.3. The van der Waals surface area contributed by atoms with Crippen LogP contribution >= 0.6 is 0 Å².